The minimum absolute atomic E-state index is 0. The van der Waals surface area contributed by atoms with E-state index in [1.165, 1.54) is 0 Å². The molecule has 0 bridgehead atoms. The Hall–Kier alpha value is -0.860. The van der Waals surface area contributed by atoms with Crippen molar-refractivity contribution in [3.8, 4) is 0 Å². The van der Waals surface area contributed by atoms with Crippen LogP contribution in [-0.4, -0.2) is 36.5 Å². The zero-order chi connectivity index (χ0) is 15.9. The number of hydrogen-bond donors (Lipinski definition) is 1. The van der Waals surface area contributed by atoms with Gasteiger partial charge in [0.1, 0.15) is 0 Å². The molecule has 0 saturated heterocycles. The van der Waals surface area contributed by atoms with Crippen LogP contribution in [-0.2, 0) is 13.0 Å². The van der Waals surface area contributed by atoms with Gasteiger partial charge in [-0.1, -0.05) is 29.8 Å². The van der Waals surface area contributed by atoms with Gasteiger partial charge in [-0.05, 0) is 25.0 Å². The number of aliphatic imine (C=N–C) groups is 1. The van der Waals surface area contributed by atoms with Crippen molar-refractivity contribution in [2.24, 2.45) is 4.99 Å². The normalized spacial score (nSPS) is 11.0. The lowest BCUT2D eigenvalue weighted by Crippen LogP contribution is -2.39. The topological polar surface area (TPSA) is 40.5 Å². The first-order valence-corrected chi connectivity index (χ1v) is 8.42. The highest BCUT2D eigenvalue weighted by Crippen LogP contribution is 2.15. The first-order valence-electron chi connectivity index (χ1n) is 7.16. The fraction of sp³-hybridized carbons (Fsp3) is 0.375. The Morgan fingerprint density at radius 3 is 2.74 bits per heavy atom. The maximum atomic E-state index is 6.17. The van der Waals surface area contributed by atoms with Crippen LogP contribution < -0.4 is 5.32 Å². The van der Waals surface area contributed by atoms with E-state index in [0.717, 1.165) is 46.8 Å². The molecular weight excluding hydrogens is 443 g/mol. The molecule has 7 heteroatoms. The number of benzene rings is 1. The van der Waals surface area contributed by atoms with Gasteiger partial charge in [0.15, 0.2) is 5.96 Å². The summed E-state index contributed by atoms with van der Waals surface area (Å²) in [6, 6.07) is 7.92. The maximum absolute atomic E-state index is 6.17. The third-order valence-electron chi connectivity index (χ3n) is 3.27. The number of guanidine groups is 1. The molecule has 0 fully saturated rings. The van der Waals surface area contributed by atoms with Crippen LogP contribution in [0.25, 0.3) is 0 Å². The van der Waals surface area contributed by atoms with Crippen molar-refractivity contribution >= 4 is 52.9 Å². The van der Waals surface area contributed by atoms with Gasteiger partial charge in [-0.25, -0.2) is 4.98 Å². The van der Waals surface area contributed by atoms with E-state index in [1.54, 1.807) is 18.4 Å². The van der Waals surface area contributed by atoms with Crippen molar-refractivity contribution in [1.82, 2.24) is 15.2 Å². The molecule has 2 rings (SSSR count). The fourth-order valence-corrected chi connectivity index (χ4v) is 3.03. The first-order chi connectivity index (χ1) is 10.6. The lowest BCUT2D eigenvalue weighted by molar-refractivity contribution is 0.471. The van der Waals surface area contributed by atoms with Crippen molar-refractivity contribution in [1.29, 1.82) is 0 Å². The second kappa shape index (κ2) is 10.1. The van der Waals surface area contributed by atoms with Crippen LogP contribution in [0.3, 0.4) is 0 Å². The zero-order valence-electron chi connectivity index (χ0n) is 13.5. The van der Waals surface area contributed by atoms with Gasteiger partial charge in [0.05, 0.1) is 17.2 Å². The number of hydrogen-bond acceptors (Lipinski definition) is 3. The minimum atomic E-state index is 0. The van der Waals surface area contributed by atoms with Gasteiger partial charge < -0.3 is 10.2 Å². The van der Waals surface area contributed by atoms with Crippen molar-refractivity contribution in [2.75, 3.05) is 20.6 Å². The van der Waals surface area contributed by atoms with Crippen molar-refractivity contribution < 1.29 is 0 Å². The summed E-state index contributed by atoms with van der Waals surface area (Å²) >= 11 is 7.84. The predicted molar refractivity (Wildman–Crippen MR) is 110 cm³/mol. The molecule has 1 N–H and O–H groups in total. The molecule has 0 atom stereocenters. The Morgan fingerprint density at radius 1 is 1.39 bits per heavy atom. The molecule has 2 aromatic rings. The number of nitrogens with one attached hydrogen (secondary N) is 1. The van der Waals surface area contributed by atoms with Crippen LogP contribution in [0, 0.1) is 6.92 Å². The van der Waals surface area contributed by atoms with Gasteiger partial charge in [0, 0.05) is 31.0 Å². The molecule has 0 aliphatic rings. The van der Waals surface area contributed by atoms with Crippen molar-refractivity contribution in [3.05, 3.63) is 50.9 Å². The Morgan fingerprint density at radius 2 is 2.13 bits per heavy atom. The molecular formula is C16H22ClIN4S. The molecule has 0 amide bonds. The lowest BCUT2D eigenvalue weighted by atomic mass is 10.1. The Bertz CT molecular complexity index is 645. The summed E-state index contributed by atoms with van der Waals surface area (Å²) in [5.41, 5.74) is 2.21. The van der Waals surface area contributed by atoms with Crippen molar-refractivity contribution in [3.63, 3.8) is 0 Å². The second-order valence-electron chi connectivity index (χ2n) is 5.03. The Balaban J connectivity index is 0.00000264. The van der Waals surface area contributed by atoms with Gasteiger partial charge in [-0.3, -0.25) is 4.99 Å². The average Bonchev–Trinajstić information content (AvgIpc) is 2.90. The minimum Gasteiger partial charge on any atom is -0.356 e. The maximum Gasteiger partial charge on any atom is 0.193 e. The highest BCUT2D eigenvalue weighted by atomic mass is 127. The summed E-state index contributed by atoms with van der Waals surface area (Å²) in [5.74, 6) is 0.859. The van der Waals surface area contributed by atoms with Gasteiger partial charge in [-0.15, -0.1) is 35.3 Å². The van der Waals surface area contributed by atoms with Gasteiger partial charge in [0.2, 0.25) is 0 Å². The second-order valence-corrected chi connectivity index (χ2v) is 6.50. The summed E-state index contributed by atoms with van der Waals surface area (Å²) in [7, 11) is 3.81. The molecule has 0 saturated carbocycles. The molecule has 0 aliphatic carbocycles. The monoisotopic (exact) mass is 464 g/mol. The standard InChI is InChI=1S/C16H21ClN4S.HI/c1-12-20-14(11-22-12)10-21(3)16(18-2)19-9-8-13-6-4-5-7-15(13)17;/h4-7,11H,8-10H2,1-3H3,(H,18,19);1H. The number of nitrogens with zero attached hydrogens (tertiary/aromatic N) is 3. The Kier molecular flexibility index (Phi) is 8.86. The van der Waals surface area contributed by atoms with Gasteiger partial charge >= 0.3 is 0 Å². The van der Waals surface area contributed by atoms with E-state index in [9.17, 15) is 0 Å². The highest BCUT2D eigenvalue weighted by molar-refractivity contribution is 14.0. The molecule has 0 radical (unpaired) electrons. The fourth-order valence-electron chi connectivity index (χ4n) is 2.19. The van der Waals surface area contributed by atoms with E-state index in [-0.39, 0.29) is 24.0 Å². The molecule has 126 valence electrons. The lowest BCUT2D eigenvalue weighted by Gasteiger charge is -2.21. The molecule has 4 nitrogen and oxygen atoms in total. The molecule has 0 aliphatic heterocycles. The van der Waals surface area contributed by atoms with Crippen LogP contribution >= 0.6 is 46.9 Å². The van der Waals surface area contributed by atoms with E-state index >= 15 is 0 Å². The predicted octanol–water partition coefficient (Wildman–Crippen LogP) is 3.97. The van der Waals surface area contributed by atoms with Crippen LogP contribution in [0.1, 0.15) is 16.3 Å². The summed E-state index contributed by atoms with van der Waals surface area (Å²) < 4.78 is 0. The van der Waals surface area contributed by atoms with Crippen LogP contribution in [0.5, 0.6) is 0 Å². The number of aromatic nitrogens is 1. The van der Waals surface area contributed by atoms with E-state index in [4.69, 9.17) is 11.6 Å². The summed E-state index contributed by atoms with van der Waals surface area (Å²) in [6.45, 7) is 3.55. The molecule has 0 unspecified atom stereocenters. The van der Waals surface area contributed by atoms with E-state index in [1.807, 2.05) is 32.2 Å². The number of halogens is 2. The molecule has 23 heavy (non-hydrogen) atoms. The molecule has 1 aromatic carbocycles. The van der Waals surface area contributed by atoms with E-state index in [2.05, 4.69) is 31.6 Å². The third-order valence-corrected chi connectivity index (χ3v) is 4.47. The number of aryl methyl sites for hydroxylation is 1. The van der Waals surface area contributed by atoms with E-state index in [0.29, 0.717) is 0 Å². The smallest absolute Gasteiger partial charge is 0.193 e. The Labute approximate surface area is 164 Å². The van der Waals surface area contributed by atoms with Gasteiger partial charge in [0.25, 0.3) is 0 Å². The number of thiazole rings is 1. The molecule has 1 heterocycles. The van der Waals surface area contributed by atoms with Crippen molar-refractivity contribution in [2.45, 2.75) is 19.9 Å². The van der Waals surface area contributed by atoms with Crippen LogP contribution in [0.15, 0.2) is 34.6 Å². The zero-order valence-corrected chi connectivity index (χ0v) is 17.4. The summed E-state index contributed by atoms with van der Waals surface area (Å²) in [6.07, 6.45) is 0.863. The summed E-state index contributed by atoms with van der Waals surface area (Å²) in [5, 5.41) is 7.35. The molecule has 1 aromatic heterocycles. The molecule has 0 spiro atoms. The largest absolute Gasteiger partial charge is 0.356 e. The average molecular weight is 465 g/mol. The van der Waals surface area contributed by atoms with Crippen LogP contribution in [0.4, 0.5) is 0 Å². The first kappa shape index (κ1) is 20.2. The van der Waals surface area contributed by atoms with E-state index < -0.39 is 0 Å². The third kappa shape index (κ3) is 6.27. The SMILES string of the molecule is CN=C(NCCc1ccccc1Cl)N(C)Cc1csc(C)n1.I. The van der Waals surface area contributed by atoms with Gasteiger partial charge in [-0.2, -0.15) is 0 Å². The number of rotatable bonds is 5. The summed E-state index contributed by atoms with van der Waals surface area (Å²) in [4.78, 5) is 10.9. The van der Waals surface area contributed by atoms with Crippen LogP contribution in [0.2, 0.25) is 5.02 Å². The quantitative estimate of drug-likeness (QED) is 0.413. The highest BCUT2D eigenvalue weighted by Gasteiger charge is 2.08.